The monoisotopic (exact) mass is 302 g/mol. The molecule has 6 N–H and O–H groups in total. The molecule has 0 aliphatic carbocycles. The van der Waals surface area contributed by atoms with Crippen LogP contribution in [0.5, 0.6) is 0 Å². The molecule has 0 saturated carbocycles. The Bertz CT molecular complexity index is 347. The number of aliphatic carboxylic acids is 1. The summed E-state index contributed by atoms with van der Waals surface area (Å²) in [5, 5.41) is 16.3. The van der Waals surface area contributed by atoms with Crippen LogP contribution in [0.25, 0.3) is 0 Å². The standard InChI is InChI=1S/C13H26N4O4/c1-9(2)10(3-4-11(18)19)5-6-16-13(21)17-8-7-15-12(14)20/h9-10H,3-8H2,1-2H3,(H,18,19)(H3,14,15,20)(H2,16,17,21). The molecule has 0 rings (SSSR count). The molecule has 4 amide bonds. The first-order valence-corrected chi connectivity index (χ1v) is 7.09. The van der Waals surface area contributed by atoms with Crippen molar-refractivity contribution in [3.05, 3.63) is 0 Å². The van der Waals surface area contributed by atoms with Crippen molar-refractivity contribution in [1.82, 2.24) is 16.0 Å². The minimum Gasteiger partial charge on any atom is -0.481 e. The van der Waals surface area contributed by atoms with Crippen LogP contribution in [0.3, 0.4) is 0 Å². The first kappa shape index (κ1) is 19.0. The largest absolute Gasteiger partial charge is 0.481 e. The second kappa shape index (κ2) is 10.8. The van der Waals surface area contributed by atoms with Crippen molar-refractivity contribution in [3.8, 4) is 0 Å². The highest BCUT2D eigenvalue weighted by molar-refractivity contribution is 5.74. The Morgan fingerprint density at radius 2 is 1.57 bits per heavy atom. The smallest absolute Gasteiger partial charge is 0.314 e. The Kier molecular flexibility index (Phi) is 9.74. The van der Waals surface area contributed by atoms with Gasteiger partial charge in [0.05, 0.1) is 0 Å². The van der Waals surface area contributed by atoms with E-state index in [4.69, 9.17) is 10.8 Å². The van der Waals surface area contributed by atoms with Gasteiger partial charge in [-0.05, 0) is 24.7 Å². The zero-order chi connectivity index (χ0) is 16.3. The number of carbonyl (C=O) groups excluding carboxylic acids is 2. The Morgan fingerprint density at radius 3 is 2.10 bits per heavy atom. The highest BCUT2D eigenvalue weighted by atomic mass is 16.4. The Balaban J connectivity index is 3.79. The summed E-state index contributed by atoms with van der Waals surface area (Å²) >= 11 is 0. The molecule has 1 atom stereocenters. The van der Waals surface area contributed by atoms with Gasteiger partial charge < -0.3 is 26.8 Å². The van der Waals surface area contributed by atoms with Crippen LogP contribution in [0.1, 0.15) is 33.1 Å². The van der Waals surface area contributed by atoms with Gasteiger partial charge in [0.15, 0.2) is 0 Å². The normalized spacial score (nSPS) is 11.8. The number of hydrogen-bond donors (Lipinski definition) is 5. The predicted octanol–water partition coefficient (Wildman–Crippen LogP) is 0.481. The van der Waals surface area contributed by atoms with Gasteiger partial charge in [0.1, 0.15) is 0 Å². The maximum Gasteiger partial charge on any atom is 0.314 e. The summed E-state index contributed by atoms with van der Waals surface area (Å²) in [6.45, 7) is 5.14. The van der Waals surface area contributed by atoms with E-state index in [0.29, 0.717) is 25.4 Å². The summed E-state index contributed by atoms with van der Waals surface area (Å²) in [6, 6.07) is -0.947. The number of nitrogens with one attached hydrogen (secondary N) is 3. The molecule has 8 heteroatoms. The summed E-state index contributed by atoms with van der Waals surface area (Å²) in [5.41, 5.74) is 4.88. The van der Waals surface area contributed by atoms with E-state index in [1.54, 1.807) is 0 Å². The molecule has 0 heterocycles. The number of primary amides is 1. The molecule has 1 unspecified atom stereocenters. The van der Waals surface area contributed by atoms with Crippen molar-refractivity contribution in [1.29, 1.82) is 0 Å². The maximum absolute atomic E-state index is 11.4. The molecule has 0 aromatic heterocycles. The van der Waals surface area contributed by atoms with Crippen LogP contribution in [0.2, 0.25) is 0 Å². The van der Waals surface area contributed by atoms with E-state index in [1.807, 2.05) is 13.8 Å². The van der Waals surface area contributed by atoms with Gasteiger partial charge in [0, 0.05) is 26.1 Å². The summed E-state index contributed by atoms with van der Waals surface area (Å²) in [7, 11) is 0. The van der Waals surface area contributed by atoms with Gasteiger partial charge >= 0.3 is 18.0 Å². The van der Waals surface area contributed by atoms with E-state index >= 15 is 0 Å². The van der Waals surface area contributed by atoms with E-state index in [0.717, 1.165) is 6.42 Å². The molecule has 21 heavy (non-hydrogen) atoms. The van der Waals surface area contributed by atoms with Crippen molar-refractivity contribution in [2.75, 3.05) is 19.6 Å². The molecular formula is C13H26N4O4. The van der Waals surface area contributed by atoms with Crippen molar-refractivity contribution in [3.63, 3.8) is 0 Å². The number of rotatable bonds is 10. The van der Waals surface area contributed by atoms with E-state index in [2.05, 4.69) is 16.0 Å². The number of hydrogen-bond acceptors (Lipinski definition) is 3. The third-order valence-electron chi connectivity index (χ3n) is 3.18. The van der Waals surface area contributed by atoms with Gasteiger partial charge in [-0.2, -0.15) is 0 Å². The highest BCUT2D eigenvalue weighted by Crippen LogP contribution is 2.20. The zero-order valence-electron chi connectivity index (χ0n) is 12.6. The van der Waals surface area contributed by atoms with Crippen LogP contribution in [0.15, 0.2) is 0 Å². The van der Waals surface area contributed by atoms with Gasteiger partial charge in [-0.25, -0.2) is 9.59 Å². The van der Waals surface area contributed by atoms with Crippen LogP contribution in [0, 0.1) is 11.8 Å². The van der Waals surface area contributed by atoms with E-state index in [1.165, 1.54) is 0 Å². The van der Waals surface area contributed by atoms with Crippen molar-refractivity contribution in [2.24, 2.45) is 17.6 Å². The highest BCUT2D eigenvalue weighted by Gasteiger charge is 2.15. The molecule has 8 nitrogen and oxygen atoms in total. The number of carbonyl (C=O) groups is 3. The predicted molar refractivity (Wildman–Crippen MR) is 78.8 cm³/mol. The summed E-state index contributed by atoms with van der Waals surface area (Å²) < 4.78 is 0. The van der Waals surface area contributed by atoms with Crippen LogP contribution >= 0.6 is 0 Å². The van der Waals surface area contributed by atoms with Gasteiger partial charge in [-0.1, -0.05) is 13.8 Å². The fourth-order valence-electron chi connectivity index (χ4n) is 1.92. The number of carboxylic acid groups (broad SMARTS) is 1. The first-order chi connectivity index (χ1) is 9.82. The van der Waals surface area contributed by atoms with Crippen LogP contribution in [-0.4, -0.2) is 42.8 Å². The molecule has 0 aromatic rings. The van der Waals surface area contributed by atoms with Crippen LogP contribution < -0.4 is 21.7 Å². The molecule has 0 aromatic carbocycles. The number of nitrogens with two attached hydrogens (primary N) is 1. The summed E-state index contributed by atoms with van der Waals surface area (Å²) in [6.07, 6.45) is 1.49. The quantitative estimate of drug-likeness (QED) is 0.375. The topological polar surface area (TPSA) is 134 Å². The summed E-state index contributed by atoms with van der Waals surface area (Å²) in [4.78, 5) is 32.4. The molecule has 0 radical (unpaired) electrons. The number of carboxylic acids is 1. The molecule has 0 bridgehead atoms. The maximum atomic E-state index is 11.4. The van der Waals surface area contributed by atoms with Crippen LogP contribution in [-0.2, 0) is 4.79 Å². The number of amides is 4. The first-order valence-electron chi connectivity index (χ1n) is 7.09. The molecule has 0 aliphatic heterocycles. The van der Waals surface area contributed by atoms with Crippen molar-refractivity contribution < 1.29 is 19.5 Å². The van der Waals surface area contributed by atoms with E-state index < -0.39 is 12.0 Å². The van der Waals surface area contributed by atoms with E-state index in [-0.39, 0.29) is 24.9 Å². The lowest BCUT2D eigenvalue weighted by molar-refractivity contribution is -0.137. The average molecular weight is 302 g/mol. The fraction of sp³-hybridized carbons (Fsp3) is 0.769. The lowest BCUT2D eigenvalue weighted by Gasteiger charge is -2.20. The second-order valence-electron chi connectivity index (χ2n) is 5.20. The van der Waals surface area contributed by atoms with Gasteiger partial charge in [-0.15, -0.1) is 0 Å². The van der Waals surface area contributed by atoms with Crippen molar-refractivity contribution >= 4 is 18.0 Å². The Hall–Kier alpha value is -1.99. The van der Waals surface area contributed by atoms with Gasteiger partial charge in [0.2, 0.25) is 0 Å². The third-order valence-corrected chi connectivity index (χ3v) is 3.18. The lowest BCUT2D eigenvalue weighted by Crippen LogP contribution is -2.42. The molecule has 0 fully saturated rings. The van der Waals surface area contributed by atoms with Crippen LogP contribution in [0.4, 0.5) is 9.59 Å². The molecular weight excluding hydrogens is 276 g/mol. The third kappa shape index (κ3) is 11.5. The van der Waals surface area contributed by atoms with Gasteiger partial charge in [0.25, 0.3) is 0 Å². The molecule has 0 aliphatic rings. The summed E-state index contributed by atoms with van der Waals surface area (Å²) in [5.74, 6) is -0.166. The zero-order valence-corrected chi connectivity index (χ0v) is 12.6. The fourth-order valence-corrected chi connectivity index (χ4v) is 1.92. The van der Waals surface area contributed by atoms with Crippen molar-refractivity contribution in [2.45, 2.75) is 33.1 Å². The Morgan fingerprint density at radius 1 is 1.00 bits per heavy atom. The lowest BCUT2D eigenvalue weighted by atomic mass is 9.88. The molecule has 0 spiro atoms. The molecule has 0 saturated heterocycles. The number of urea groups is 2. The molecule has 122 valence electrons. The minimum absolute atomic E-state index is 0.147. The van der Waals surface area contributed by atoms with E-state index in [9.17, 15) is 14.4 Å². The SMILES string of the molecule is CC(C)C(CCNC(=O)NCCNC(N)=O)CCC(=O)O. The minimum atomic E-state index is -0.798. The van der Waals surface area contributed by atoms with Gasteiger partial charge in [-0.3, -0.25) is 4.79 Å². The average Bonchev–Trinajstić information content (AvgIpc) is 2.37. The second-order valence-corrected chi connectivity index (χ2v) is 5.20. The Labute approximate surface area is 124 Å².